The maximum Gasteiger partial charge on any atom is 0.305 e. The standard InChI is InChI=1S/C13H16N4O3/c14-8-10-11(17(18)19)4-5-12(16-10)20-9-13(15)6-2-1-3-7-13/h4-5H,1-3,6-7,9,15H2. The lowest BCUT2D eigenvalue weighted by molar-refractivity contribution is -0.385. The molecule has 7 nitrogen and oxygen atoms in total. The lowest BCUT2D eigenvalue weighted by Crippen LogP contribution is -2.47. The lowest BCUT2D eigenvalue weighted by atomic mass is 9.83. The van der Waals surface area contributed by atoms with Gasteiger partial charge in [0.2, 0.25) is 11.6 Å². The average Bonchev–Trinajstić information content (AvgIpc) is 2.45. The summed E-state index contributed by atoms with van der Waals surface area (Å²) < 4.78 is 5.52. The fourth-order valence-electron chi connectivity index (χ4n) is 2.36. The molecule has 0 atom stereocenters. The van der Waals surface area contributed by atoms with Crippen LogP contribution in [0.4, 0.5) is 5.69 Å². The van der Waals surface area contributed by atoms with E-state index >= 15 is 0 Å². The van der Waals surface area contributed by atoms with Crippen molar-refractivity contribution in [2.45, 2.75) is 37.6 Å². The van der Waals surface area contributed by atoms with Gasteiger partial charge in [-0.3, -0.25) is 10.1 Å². The van der Waals surface area contributed by atoms with Gasteiger partial charge in [0.1, 0.15) is 12.7 Å². The third-order valence-electron chi connectivity index (χ3n) is 3.51. The van der Waals surface area contributed by atoms with Crippen molar-refractivity contribution in [1.29, 1.82) is 5.26 Å². The van der Waals surface area contributed by atoms with E-state index in [0.717, 1.165) is 25.7 Å². The number of nitrogens with zero attached hydrogens (tertiary/aromatic N) is 3. The van der Waals surface area contributed by atoms with Crippen LogP contribution < -0.4 is 10.5 Å². The van der Waals surface area contributed by atoms with Crippen molar-refractivity contribution in [3.63, 3.8) is 0 Å². The average molecular weight is 276 g/mol. The van der Waals surface area contributed by atoms with E-state index in [0.29, 0.717) is 6.61 Å². The third-order valence-corrected chi connectivity index (χ3v) is 3.51. The molecule has 1 fully saturated rings. The second-order valence-corrected chi connectivity index (χ2v) is 5.10. The van der Waals surface area contributed by atoms with E-state index in [9.17, 15) is 10.1 Å². The molecule has 1 aliphatic carbocycles. The van der Waals surface area contributed by atoms with Gasteiger partial charge in [0.15, 0.2) is 0 Å². The predicted molar refractivity (Wildman–Crippen MR) is 71.1 cm³/mol. The largest absolute Gasteiger partial charge is 0.476 e. The van der Waals surface area contributed by atoms with Crippen LogP contribution in [0.25, 0.3) is 0 Å². The van der Waals surface area contributed by atoms with Crippen molar-refractivity contribution in [2.75, 3.05) is 6.61 Å². The lowest BCUT2D eigenvalue weighted by Gasteiger charge is -2.32. The van der Waals surface area contributed by atoms with Gasteiger partial charge in [-0.1, -0.05) is 19.3 Å². The molecule has 7 heteroatoms. The number of nitrogens with two attached hydrogens (primary N) is 1. The van der Waals surface area contributed by atoms with Crippen LogP contribution in [0.15, 0.2) is 12.1 Å². The molecular formula is C13H16N4O3. The molecule has 1 aromatic heterocycles. The third kappa shape index (κ3) is 3.22. The van der Waals surface area contributed by atoms with E-state index in [-0.39, 0.29) is 22.8 Å². The molecule has 0 spiro atoms. The number of hydrogen-bond donors (Lipinski definition) is 1. The van der Waals surface area contributed by atoms with Crippen molar-refractivity contribution in [3.05, 3.63) is 27.9 Å². The van der Waals surface area contributed by atoms with Crippen molar-refractivity contribution in [2.24, 2.45) is 5.73 Å². The Labute approximate surface area is 116 Å². The summed E-state index contributed by atoms with van der Waals surface area (Å²) in [5, 5.41) is 19.6. The Hall–Kier alpha value is -2.20. The summed E-state index contributed by atoms with van der Waals surface area (Å²) in [7, 11) is 0. The molecule has 1 heterocycles. The van der Waals surface area contributed by atoms with Crippen molar-refractivity contribution < 1.29 is 9.66 Å². The number of pyridine rings is 1. The van der Waals surface area contributed by atoms with Gasteiger partial charge in [0, 0.05) is 12.1 Å². The minimum Gasteiger partial charge on any atom is -0.476 e. The van der Waals surface area contributed by atoms with Crippen molar-refractivity contribution in [1.82, 2.24) is 4.98 Å². The zero-order valence-electron chi connectivity index (χ0n) is 11.0. The molecule has 20 heavy (non-hydrogen) atoms. The Balaban J connectivity index is 2.07. The molecule has 0 bridgehead atoms. The number of aromatic nitrogens is 1. The first-order valence-electron chi connectivity index (χ1n) is 6.51. The van der Waals surface area contributed by atoms with E-state index in [4.69, 9.17) is 15.7 Å². The molecule has 0 aliphatic heterocycles. The number of rotatable bonds is 4. The molecule has 2 rings (SSSR count). The van der Waals surface area contributed by atoms with Crippen molar-refractivity contribution >= 4 is 5.69 Å². The zero-order chi connectivity index (χ0) is 14.6. The second kappa shape index (κ2) is 5.84. The van der Waals surface area contributed by atoms with Gasteiger partial charge in [-0.2, -0.15) is 10.2 Å². The van der Waals surface area contributed by atoms with Crippen LogP contribution in [0.3, 0.4) is 0 Å². The van der Waals surface area contributed by atoms with Gasteiger partial charge in [-0.25, -0.2) is 0 Å². The monoisotopic (exact) mass is 276 g/mol. The summed E-state index contributed by atoms with van der Waals surface area (Å²) in [5.74, 6) is 0.197. The number of hydrogen-bond acceptors (Lipinski definition) is 6. The number of ether oxygens (including phenoxy) is 1. The molecule has 0 amide bonds. The maximum absolute atomic E-state index is 10.7. The highest BCUT2D eigenvalue weighted by molar-refractivity contribution is 5.45. The Morgan fingerprint density at radius 1 is 1.45 bits per heavy atom. The number of nitriles is 1. The van der Waals surface area contributed by atoms with Gasteiger partial charge in [0.05, 0.1) is 10.5 Å². The quantitative estimate of drug-likeness (QED) is 0.663. The summed E-state index contributed by atoms with van der Waals surface area (Å²) in [4.78, 5) is 13.9. The molecule has 2 N–H and O–H groups in total. The molecule has 0 saturated heterocycles. The normalized spacial score (nSPS) is 17.2. The van der Waals surface area contributed by atoms with Crippen molar-refractivity contribution in [3.8, 4) is 11.9 Å². The van der Waals surface area contributed by atoms with Crippen LogP contribution in [0.1, 0.15) is 37.8 Å². The minimum atomic E-state index is -0.638. The van der Waals surface area contributed by atoms with E-state index in [1.54, 1.807) is 6.07 Å². The summed E-state index contributed by atoms with van der Waals surface area (Å²) in [6.45, 7) is 0.308. The molecule has 0 aromatic carbocycles. The van der Waals surface area contributed by atoms with Crippen LogP contribution in [-0.4, -0.2) is 22.1 Å². The predicted octanol–water partition coefficient (Wildman–Crippen LogP) is 1.90. The fourth-order valence-corrected chi connectivity index (χ4v) is 2.36. The molecule has 106 valence electrons. The molecule has 1 aromatic rings. The minimum absolute atomic E-state index is 0.197. The summed E-state index contributed by atoms with van der Waals surface area (Å²) in [5.41, 5.74) is 5.30. The van der Waals surface area contributed by atoms with Gasteiger partial charge in [-0.05, 0) is 12.8 Å². The van der Waals surface area contributed by atoms with Gasteiger partial charge >= 0.3 is 5.69 Å². The van der Waals surface area contributed by atoms with E-state index in [1.807, 2.05) is 0 Å². The van der Waals surface area contributed by atoms with Gasteiger partial charge < -0.3 is 10.5 Å². The van der Waals surface area contributed by atoms with Crippen LogP contribution in [-0.2, 0) is 0 Å². The number of nitro groups is 1. The van der Waals surface area contributed by atoms with E-state index < -0.39 is 4.92 Å². The van der Waals surface area contributed by atoms with Crippen LogP contribution >= 0.6 is 0 Å². The Morgan fingerprint density at radius 3 is 2.75 bits per heavy atom. The Kier molecular flexibility index (Phi) is 4.15. The summed E-state index contributed by atoms with van der Waals surface area (Å²) in [6, 6.07) is 4.32. The van der Waals surface area contributed by atoms with E-state index in [2.05, 4.69) is 4.98 Å². The first kappa shape index (κ1) is 14.2. The zero-order valence-corrected chi connectivity index (χ0v) is 11.0. The second-order valence-electron chi connectivity index (χ2n) is 5.10. The summed E-state index contributed by atoms with van der Waals surface area (Å²) >= 11 is 0. The van der Waals surface area contributed by atoms with Gasteiger partial charge in [-0.15, -0.1) is 0 Å². The molecular weight excluding hydrogens is 260 g/mol. The molecule has 0 unspecified atom stereocenters. The SMILES string of the molecule is N#Cc1nc(OCC2(N)CCCCC2)ccc1[N+](=O)[O-]. The smallest absolute Gasteiger partial charge is 0.305 e. The molecule has 0 radical (unpaired) electrons. The highest BCUT2D eigenvalue weighted by Crippen LogP contribution is 2.27. The fraction of sp³-hybridized carbons (Fsp3) is 0.538. The highest BCUT2D eigenvalue weighted by atomic mass is 16.6. The first-order valence-corrected chi connectivity index (χ1v) is 6.51. The van der Waals surface area contributed by atoms with Crippen LogP contribution in [0.5, 0.6) is 5.88 Å². The Bertz CT molecular complexity index is 547. The van der Waals surface area contributed by atoms with E-state index in [1.165, 1.54) is 18.6 Å². The Morgan fingerprint density at radius 2 is 2.15 bits per heavy atom. The molecule has 1 aliphatic rings. The van der Waals surface area contributed by atoms with Gasteiger partial charge in [0.25, 0.3) is 0 Å². The maximum atomic E-state index is 10.7. The first-order chi connectivity index (χ1) is 9.54. The van der Waals surface area contributed by atoms with Crippen LogP contribution in [0, 0.1) is 21.4 Å². The van der Waals surface area contributed by atoms with Crippen LogP contribution in [0.2, 0.25) is 0 Å². The molecule has 1 saturated carbocycles. The highest BCUT2D eigenvalue weighted by Gasteiger charge is 2.28. The summed E-state index contributed by atoms with van der Waals surface area (Å²) in [6.07, 6.45) is 5.14. The topological polar surface area (TPSA) is 115 Å².